The first kappa shape index (κ1) is 21.3. The van der Waals surface area contributed by atoms with Crippen LogP contribution in [0.2, 0.25) is 0 Å². The lowest BCUT2D eigenvalue weighted by molar-refractivity contribution is 0.361. The predicted molar refractivity (Wildman–Crippen MR) is 95.4 cm³/mol. The lowest BCUT2D eigenvalue weighted by Crippen LogP contribution is -2.46. The summed E-state index contributed by atoms with van der Waals surface area (Å²) in [6, 6.07) is 5.69. The topological polar surface area (TPSA) is 95.6 Å². The van der Waals surface area contributed by atoms with Crippen molar-refractivity contribution in [3.05, 3.63) is 24.3 Å². The Morgan fingerprint density at radius 3 is 2.25 bits per heavy atom. The van der Waals surface area contributed by atoms with Crippen LogP contribution < -0.4 is 10.0 Å². The molecule has 0 saturated carbocycles. The highest BCUT2D eigenvalue weighted by Crippen LogP contribution is 2.23. The van der Waals surface area contributed by atoms with Gasteiger partial charge in [0.1, 0.15) is 9.79 Å². The number of hydrogen-bond donors (Lipinski definition) is 2. The van der Waals surface area contributed by atoms with E-state index in [9.17, 15) is 16.8 Å². The van der Waals surface area contributed by atoms with Crippen molar-refractivity contribution in [3.8, 4) is 0 Å². The molecule has 1 aliphatic rings. The zero-order chi connectivity index (χ0) is 17.3. The van der Waals surface area contributed by atoms with Crippen LogP contribution in [0.5, 0.6) is 0 Å². The molecule has 2 N–H and O–H groups in total. The van der Waals surface area contributed by atoms with Crippen LogP contribution in [-0.2, 0) is 20.0 Å². The van der Waals surface area contributed by atoms with Gasteiger partial charge in [-0.15, -0.1) is 12.4 Å². The Morgan fingerprint density at radius 1 is 1.12 bits per heavy atom. The van der Waals surface area contributed by atoms with Gasteiger partial charge < -0.3 is 5.32 Å². The van der Waals surface area contributed by atoms with E-state index in [1.54, 1.807) is 0 Å². The summed E-state index contributed by atoms with van der Waals surface area (Å²) in [4.78, 5) is -0.417. The number of rotatable bonds is 5. The van der Waals surface area contributed by atoms with E-state index in [1.807, 2.05) is 6.92 Å². The molecule has 2 unspecified atom stereocenters. The molecule has 0 aromatic heterocycles. The molecule has 0 bridgehead atoms. The maximum Gasteiger partial charge on any atom is 0.243 e. The summed E-state index contributed by atoms with van der Waals surface area (Å²) in [5.41, 5.74) is 0. The van der Waals surface area contributed by atoms with Crippen LogP contribution >= 0.6 is 12.4 Å². The van der Waals surface area contributed by atoms with E-state index in [1.165, 1.54) is 38.4 Å². The fourth-order valence-electron chi connectivity index (χ4n) is 2.60. The molecule has 7 nitrogen and oxygen atoms in total. The summed E-state index contributed by atoms with van der Waals surface area (Å²) in [6.45, 7) is 2.72. The van der Waals surface area contributed by atoms with Crippen LogP contribution in [0.15, 0.2) is 34.1 Å². The molecule has 1 aliphatic heterocycles. The lowest BCUT2D eigenvalue weighted by Gasteiger charge is -2.28. The van der Waals surface area contributed by atoms with Gasteiger partial charge in [0.2, 0.25) is 20.0 Å². The number of benzene rings is 1. The highest BCUT2D eigenvalue weighted by molar-refractivity contribution is 7.92. The number of nitrogens with zero attached hydrogens (tertiary/aromatic N) is 1. The Kier molecular flexibility index (Phi) is 7.21. The zero-order valence-corrected chi connectivity index (χ0v) is 16.3. The summed E-state index contributed by atoms with van der Waals surface area (Å²) in [7, 11) is -5.00. The average Bonchev–Trinajstić information content (AvgIpc) is 2.46. The van der Waals surface area contributed by atoms with Gasteiger partial charge in [-0.05, 0) is 38.4 Å². The standard InChI is InChI=1S/C14H23N3O4S2.ClH/c1-11-10-12(8-9-15-11)16-22(18,19)13-6-4-5-7-14(13)23(20,21)17(2)3;/h4-7,11-12,15-16H,8-10H2,1-3H3;1H. The van der Waals surface area contributed by atoms with Crippen molar-refractivity contribution in [1.29, 1.82) is 0 Å². The molecular formula is C14H24ClN3O4S2. The minimum absolute atomic E-state index is 0. The van der Waals surface area contributed by atoms with Crippen molar-refractivity contribution in [3.63, 3.8) is 0 Å². The third kappa shape index (κ3) is 4.68. The molecule has 1 fully saturated rings. The SMILES string of the molecule is CC1CC(NS(=O)(=O)c2ccccc2S(=O)(=O)N(C)C)CCN1.Cl. The Balaban J connectivity index is 0.00000288. The maximum absolute atomic E-state index is 12.7. The van der Waals surface area contributed by atoms with Crippen LogP contribution in [0.3, 0.4) is 0 Å². The van der Waals surface area contributed by atoms with Gasteiger partial charge in [0.05, 0.1) is 0 Å². The minimum atomic E-state index is -3.91. The Labute approximate surface area is 150 Å². The van der Waals surface area contributed by atoms with Crippen LogP contribution in [0.25, 0.3) is 0 Å². The first-order valence-corrected chi connectivity index (χ1v) is 10.3. The molecular weight excluding hydrogens is 374 g/mol. The molecule has 138 valence electrons. The smallest absolute Gasteiger partial charge is 0.243 e. The Bertz CT molecular complexity index is 766. The summed E-state index contributed by atoms with van der Waals surface area (Å²) in [5, 5.41) is 3.25. The second-order valence-corrected chi connectivity index (χ2v) is 9.73. The number of piperidine rings is 1. The predicted octanol–water partition coefficient (Wildman–Crippen LogP) is 0.778. The van der Waals surface area contributed by atoms with Gasteiger partial charge in [-0.25, -0.2) is 25.9 Å². The largest absolute Gasteiger partial charge is 0.314 e. The van der Waals surface area contributed by atoms with Gasteiger partial charge >= 0.3 is 0 Å². The quantitative estimate of drug-likeness (QED) is 0.765. The van der Waals surface area contributed by atoms with Crippen molar-refractivity contribution >= 4 is 32.5 Å². The van der Waals surface area contributed by atoms with E-state index in [2.05, 4.69) is 10.0 Å². The van der Waals surface area contributed by atoms with Crippen molar-refractivity contribution in [2.45, 2.75) is 41.6 Å². The molecule has 1 aromatic carbocycles. The highest BCUT2D eigenvalue weighted by atomic mass is 35.5. The van der Waals surface area contributed by atoms with Crippen molar-refractivity contribution in [2.24, 2.45) is 0 Å². The molecule has 10 heteroatoms. The van der Waals surface area contributed by atoms with Gasteiger partial charge in [0.15, 0.2) is 0 Å². The van der Waals surface area contributed by atoms with E-state index in [4.69, 9.17) is 0 Å². The fourth-order valence-corrected chi connectivity index (χ4v) is 5.59. The monoisotopic (exact) mass is 397 g/mol. The number of sulfonamides is 2. The molecule has 1 saturated heterocycles. The fraction of sp³-hybridized carbons (Fsp3) is 0.571. The van der Waals surface area contributed by atoms with Crippen LogP contribution in [0.1, 0.15) is 19.8 Å². The second-order valence-electron chi connectivity index (χ2n) is 5.93. The molecule has 1 heterocycles. The first-order chi connectivity index (χ1) is 10.6. The molecule has 2 rings (SSSR count). The third-order valence-corrected chi connectivity index (χ3v) is 7.42. The van der Waals surface area contributed by atoms with Gasteiger partial charge in [-0.2, -0.15) is 0 Å². The van der Waals surface area contributed by atoms with E-state index in [0.717, 1.165) is 10.8 Å². The first-order valence-electron chi connectivity index (χ1n) is 7.42. The van der Waals surface area contributed by atoms with Crippen LogP contribution in [0, 0.1) is 0 Å². The van der Waals surface area contributed by atoms with Gasteiger partial charge in [-0.1, -0.05) is 12.1 Å². The lowest BCUT2D eigenvalue weighted by atomic mass is 10.0. The zero-order valence-electron chi connectivity index (χ0n) is 13.9. The van der Waals surface area contributed by atoms with Gasteiger partial charge in [-0.3, -0.25) is 0 Å². The molecule has 0 spiro atoms. The van der Waals surface area contributed by atoms with Crippen molar-refractivity contribution in [2.75, 3.05) is 20.6 Å². The van der Waals surface area contributed by atoms with E-state index in [0.29, 0.717) is 12.8 Å². The number of hydrogen-bond acceptors (Lipinski definition) is 5. The second kappa shape index (κ2) is 8.11. The Morgan fingerprint density at radius 2 is 1.71 bits per heavy atom. The van der Waals surface area contributed by atoms with Crippen molar-refractivity contribution < 1.29 is 16.8 Å². The van der Waals surface area contributed by atoms with Crippen molar-refractivity contribution in [1.82, 2.24) is 14.3 Å². The van der Waals surface area contributed by atoms with Crippen LogP contribution in [-0.4, -0.2) is 53.9 Å². The Hall–Kier alpha value is -0.710. The third-order valence-electron chi connectivity index (χ3n) is 3.84. The highest BCUT2D eigenvalue weighted by Gasteiger charge is 2.30. The summed E-state index contributed by atoms with van der Waals surface area (Å²) >= 11 is 0. The summed E-state index contributed by atoms with van der Waals surface area (Å²) in [5.74, 6) is 0. The normalized spacial score (nSPS) is 22.2. The van der Waals surface area contributed by atoms with E-state index in [-0.39, 0.29) is 34.3 Å². The number of nitrogens with one attached hydrogen (secondary N) is 2. The maximum atomic E-state index is 12.7. The molecule has 2 atom stereocenters. The van der Waals surface area contributed by atoms with E-state index >= 15 is 0 Å². The van der Waals surface area contributed by atoms with Crippen LogP contribution in [0.4, 0.5) is 0 Å². The molecule has 1 aromatic rings. The summed E-state index contributed by atoms with van der Waals surface area (Å²) in [6.07, 6.45) is 1.34. The van der Waals surface area contributed by atoms with E-state index < -0.39 is 20.0 Å². The van der Waals surface area contributed by atoms with Gasteiger partial charge in [0, 0.05) is 26.2 Å². The average molecular weight is 398 g/mol. The minimum Gasteiger partial charge on any atom is -0.314 e. The van der Waals surface area contributed by atoms with Gasteiger partial charge in [0.25, 0.3) is 0 Å². The molecule has 0 amide bonds. The molecule has 0 radical (unpaired) electrons. The number of halogens is 1. The molecule has 0 aliphatic carbocycles. The molecule has 24 heavy (non-hydrogen) atoms. The summed E-state index contributed by atoms with van der Waals surface area (Å²) < 4.78 is 53.8.